The molecule has 5 nitrogen and oxygen atoms in total. The van der Waals surface area contributed by atoms with Gasteiger partial charge in [-0.25, -0.2) is 5.43 Å². The van der Waals surface area contributed by atoms with Crippen LogP contribution in [-0.2, 0) is 11.3 Å². The minimum atomic E-state index is -0.163. The molecule has 0 saturated heterocycles. The van der Waals surface area contributed by atoms with E-state index in [4.69, 9.17) is 4.74 Å². The number of aromatic nitrogens is 1. The fourth-order valence-electron chi connectivity index (χ4n) is 2.51. The van der Waals surface area contributed by atoms with Gasteiger partial charge in [0.2, 0.25) is 0 Å². The number of benzene rings is 2. The minimum absolute atomic E-state index is 0.163. The number of fused-ring (bicyclic) bond motifs is 1. The molecule has 0 saturated carbocycles. The van der Waals surface area contributed by atoms with Crippen LogP contribution >= 0.6 is 0 Å². The zero-order valence-corrected chi connectivity index (χ0v) is 13.7. The largest absolute Gasteiger partial charge is 0.497 e. The number of hydrazone groups is 1. The number of carbonyl (C=O) groups is 1. The molecule has 1 amide bonds. The lowest BCUT2D eigenvalue weighted by Crippen LogP contribution is -2.23. The third-order valence-electron chi connectivity index (χ3n) is 3.85. The molecule has 1 aromatic heterocycles. The van der Waals surface area contributed by atoms with Crippen molar-refractivity contribution in [3.63, 3.8) is 0 Å². The zero-order chi connectivity index (χ0) is 16.9. The number of ether oxygens (including phenoxy) is 1. The van der Waals surface area contributed by atoms with Crippen LogP contribution in [0.5, 0.6) is 5.75 Å². The fourth-order valence-corrected chi connectivity index (χ4v) is 2.51. The van der Waals surface area contributed by atoms with Gasteiger partial charge in [-0.3, -0.25) is 4.79 Å². The Kier molecular flexibility index (Phi) is 4.61. The van der Waals surface area contributed by atoms with Gasteiger partial charge in [-0.15, -0.1) is 0 Å². The molecule has 3 rings (SSSR count). The van der Waals surface area contributed by atoms with Crippen molar-refractivity contribution < 1.29 is 9.53 Å². The van der Waals surface area contributed by atoms with Crippen LogP contribution in [0.15, 0.2) is 65.9 Å². The van der Waals surface area contributed by atoms with Crippen molar-refractivity contribution in [1.82, 2.24) is 9.99 Å². The molecular formula is C19H19N3O2. The van der Waals surface area contributed by atoms with Gasteiger partial charge in [0.1, 0.15) is 12.3 Å². The Labute approximate surface area is 140 Å². The third kappa shape index (κ3) is 3.46. The van der Waals surface area contributed by atoms with Gasteiger partial charge in [0.05, 0.1) is 12.8 Å². The topological polar surface area (TPSA) is 55.6 Å². The van der Waals surface area contributed by atoms with E-state index in [2.05, 4.69) is 10.5 Å². The monoisotopic (exact) mass is 321 g/mol. The summed E-state index contributed by atoms with van der Waals surface area (Å²) >= 11 is 0. The lowest BCUT2D eigenvalue weighted by atomic mass is 10.1. The Hall–Kier alpha value is -3.08. The van der Waals surface area contributed by atoms with Gasteiger partial charge in [0.15, 0.2) is 0 Å². The maximum absolute atomic E-state index is 12.1. The summed E-state index contributed by atoms with van der Waals surface area (Å²) in [5, 5.41) is 5.29. The molecule has 0 atom stereocenters. The summed E-state index contributed by atoms with van der Waals surface area (Å²) in [5.74, 6) is 0.624. The minimum Gasteiger partial charge on any atom is -0.497 e. The fraction of sp³-hybridized carbons (Fsp3) is 0.158. The van der Waals surface area contributed by atoms with Gasteiger partial charge >= 0.3 is 0 Å². The van der Waals surface area contributed by atoms with Crippen LogP contribution in [-0.4, -0.2) is 23.3 Å². The SMILES string of the molecule is COc1ccc(/C(C)=N/NC(=O)Cn2ccc3ccccc32)cc1. The van der Waals surface area contributed by atoms with Crippen LogP contribution in [0.1, 0.15) is 12.5 Å². The van der Waals surface area contributed by atoms with Crippen molar-refractivity contribution >= 4 is 22.5 Å². The molecule has 5 heteroatoms. The van der Waals surface area contributed by atoms with E-state index in [1.54, 1.807) is 7.11 Å². The summed E-state index contributed by atoms with van der Waals surface area (Å²) in [6, 6.07) is 17.5. The zero-order valence-electron chi connectivity index (χ0n) is 13.7. The Morgan fingerprint density at radius 3 is 2.62 bits per heavy atom. The van der Waals surface area contributed by atoms with Crippen molar-refractivity contribution in [2.24, 2.45) is 5.10 Å². The molecule has 0 radical (unpaired) electrons. The molecule has 1 N–H and O–H groups in total. The maximum atomic E-state index is 12.1. The van der Waals surface area contributed by atoms with Gasteiger partial charge in [0.25, 0.3) is 5.91 Å². The Balaban J connectivity index is 1.65. The number of methoxy groups -OCH3 is 1. The van der Waals surface area contributed by atoms with E-state index >= 15 is 0 Å². The van der Waals surface area contributed by atoms with Crippen molar-refractivity contribution in [1.29, 1.82) is 0 Å². The molecule has 2 aromatic carbocycles. The second-order valence-electron chi connectivity index (χ2n) is 5.46. The summed E-state index contributed by atoms with van der Waals surface area (Å²) in [6.45, 7) is 2.08. The lowest BCUT2D eigenvalue weighted by molar-refractivity contribution is -0.121. The van der Waals surface area contributed by atoms with E-state index in [1.165, 1.54) is 0 Å². The molecule has 0 aliphatic carbocycles. The van der Waals surface area contributed by atoms with Crippen molar-refractivity contribution in [3.05, 3.63) is 66.4 Å². The first-order chi connectivity index (χ1) is 11.7. The highest BCUT2D eigenvalue weighted by Crippen LogP contribution is 2.15. The highest BCUT2D eigenvalue weighted by Gasteiger charge is 2.06. The van der Waals surface area contributed by atoms with Gasteiger partial charge in [0, 0.05) is 11.7 Å². The Bertz CT molecular complexity index is 879. The van der Waals surface area contributed by atoms with E-state index in [-0.39, 0.29) is 12.5 Å². The highest BCUT2D eigenvalue weighted by atomic mass is 16.5. The summed E-state index contributed by atoms with van der Waals surface area (Å²) < 4.78 is 7.03. The average molecular weight is 321 g/mol. The number of nitrogens with one attached hydrogen (secondary N) is 1. The van der Waals surface area contributed by atoms with Crippen LogP contribution in [0.2, 0.25) is 0 Å². The van der Waals surface area contributed by atoms with Crippen molar-refractivity contribution in [2.75, 3.05) is 7.11 Å². The maximum Gasteiger partial charge on any atom is 0.259 e. The van der Waals surface area contributed by atoms with E-state index < -0.39 is 0 Å². The Morgan fingerprint density at radius 2 is 1.88 bits per heavy atom. The number of nitrogens with zero attached hydrogens (tertiary/aromatic N) is 2. The first-order valence-corrected chi connectivity index (χ1v) is 7.69. The normalized spacial score (nSPS) is 11.5. The molecule has 3 aromatic rings. The Morgan fingerprint density at radius 1 is 1.12 bits per heavy atom. The summed E-state index contributed by atoms with van der Waals surface area (Å²) in [7, 11) is 1.63. The summed E-state index contributed by atoms with van der Waals surface area (Å²) in [5.41, 5.74) is 5.31. The quantitative estimate of drug-likeness (QED) is 0.579. The molecule has 24 heavy (non-hydrogen) atoms. The van der Waals surface area contributed by atoms with Crippen LogP contribution in [0, 0.1) is 0 Å². The van der Waals surface area contributed by atoms with Crippen LogP contribution in [0.25, 0.3) is 10.9 Å². The number of carbonyl (C=O) groups excluding carboxylic acids is 1. The summed E-state index contributed by atoms with van der Waals surface area (Å²) in [4.78, 5) is 12.1. The summed E-state index contributed by atoms with van der Waals surface area (Å²) in [6.07, 6.45) is 1.91. The van der Waals surface area contributed by atoms with Gasteiger partial charge < -0.3 is 9.30 Å². The van der Waals surface area contributed by atoms with E-state index in [0.717, 1.165) is 27.9 Å². The molecule has 0 aliphatic heterocycles. The molecule has 0 fully saturated rings. The molecule has 122 valence electrons. The molecule has 0 spiro atoms. The predicted octanol–water partition coefficient (Wildman–Crippen LogP) is 3.19. The lowest BCUT2D eigenvalue weighted by Gasteiger charge is -2.06. The number of para-hydroxylation sites is 1. The van der Waals surface area contributed by atoms with Crippen molar-refractivity contribution in [3.8, 4) is 5.75 Å². The second-order valence-corrected chi connectivity index (χ2v) is 5.46. The average Bonchev–Trinajstić information content (AvgIpc) is 3.03. The molecular weight excluding hydrogens is 302 g/mol. The number of hydrogen-bond donors (Lipinski definition) is 1. The number of hydrogen-bond acceptors (Lipinski definition) is 3. The van der Waals surface area contributed by atoms with E-state index in [9.17, 15) is 4.79 Å². The van der Waals surface area contributed by atoms with Crippen molar-refractivity contribution in [2.45, 2.75) is 13.5 Å². The van der Waals surface area contributed by atoms with Crippen LogP contribution in [0.3, 0.4) is 0 Å². The van der Waals surface area contributed by atoms with Gasteiger partial charge in [-0.2, -0.15) is 5.10 Å². The predicted molar refractivity (Wildman–Crippen MR) is 95.3 cm³/mol. The smallest absolute Gasteiger partial charge is 0.259 e. The standard InChI is InChI=1S/C19H19N3O2/c1-14(15-7-9-17(24-2)10-8-15)20-21-19(23)13-22-12-11-16-5-3-4-6-18(16)22/h3-12H,13H2,1-2H3,(H,21,23)/b20-14+. The molecule has 0 aliphatic rings. The second kappa shape index (κ2) is 7.00. The van der Waals surface area contributed by atoms with Gasteiger partial charge in [-0.05, 0) is 54.3 Å². The van der Waals surface area contributed by atoms with E-state index in [1.807, 2.05) is 72.3 Å². The first kappa shape index (κ1) is 15.8. The van der Waals surface area contributed by atoms with Crippen LogP contribution in [0.4, 0.5) is 0 Å². The third-order valence-corrected chi connectivity index (χ3v) is 3.85. The first-order valence-electron chi connectivity index (χ1n) is 7.69. The van der Waals surface area contributed by atoms with Gasteiger partial charge in [-0.1, -0.05) is 18.2 Å². The van der Waals surface area contributed by atoms with E-state index in [0.29, 0.717) is 0 Å². The number of rotatable bonds is 5. The molecule has 1 heterocycles. The molecule has 0 unspecified atom stereocenters. The van der Waals surface area contributed by atoms with Crippen LogP contribution < -0.4 is 10.2 Å². The highest BCUT2D eigenvalue weighted by molar-refractivity contribution is 5.99. The molecule has 0 bridgehead atoms. The number of amides is 1.